The zero-order valence-electron chi connectivity index (χ0n) is 10.9. The van der Waals surface area contributed by atoms with Gasteiger partial charge in [0.15, 0.2) is 0 Å². The van der Waals surface area contributed by atoms with Crippen molar-refractivity contribution in [3.63, 3.8) is 0 Å². The first-order chi connectivity index (χ1) is 8.08. The van der Waals surface area contributed by atoms with Gasteiger partial charge in [0.2, 0.25) is 0 Å². The minimum absolute atomic E-state index is 0.141. The standard InChI is InChI=1S/C15H21ClO/c1-11-10-12(7-8-13(11)16)15(2)9-5-4-6-14(15)17-3/h7-8,10,14H,4-6,9H2,1-3H3. The molecule has 0 saturated heterocycles. The summed E-state index contributed by atoms with van der Waals surface area (Å²) in [5.74, 6) is 0. The van der Waals surface area contributed by atoms with Gasteiger partial charge in [-0.25, -0.2) is 0 Å². The van der Waals surface area contributed by atoms with Crippen molar-refractivity contribution in [1.82, 2.24) is 0 Å². The van der Waals surface area contributed by atoms with Gasteiger partial charge in [0, 0.05) is 17.5 Å². The predicted octanol–water partition coefficient (Wildman–Crippen LogP) is 4.50. The Morgan fingerprint density at radius 1 is 1.35 bits per heavy atom. The molecule has 2 heteroatoms. The van der Waals surface area contributed by atoms with E-state index < -0.39 is 0 Å². The van der Waals surface area contributed by atoms with E-state index in [9.17, 15) is 0 Å². The molecule has 0 aliphatic heterocycles. The monoisotopic (exact) mass is 252 g/mol. The minimum atomic E-state index is 0.141. The van der Waals surface area contributed by atoms with Crippen LogP contribution >= 0.6 is 11.6 Å². The van der Waals surface area contributed by atoms with E-state index in [2.05, 4.69) is 26.0 Å². The molecule has 1 aromatic carbocycles. The third-order valence-corrected chi connectivity index (χ3v) is 4.65. The molecule has 1 nitrogen and oxygen atoms in total. The fourth-order valence-corrected chi connectivity index (χ4v) is 3.13. The van der Waals surface area contributed by atoms with Crippen molar-refractivity contribution >= 4 is 11.6 Å². The molecule has 17 heavy (non-hydrogen) atoms. The lowest BCUT2D eigenvalue weighted by molar-refractivity contribution is 0.00940. The van der Waals surface area contributed by atoms with Gasteiger partial charge in [0.05, 0.1) is 6.10 Å². The second-order valence-corrected chi connectivity index (χ2v) is 5.76. The van der Waals surface area contributed by atoms with E-state index in [0.29, 0.717) is 6.10 Å². The summed E-state index contributed by atoms with van der Waals surface area (Å²) in [7, 11) is 1.83. The van der Waals surface area contributed by atoms with Crippen LogP contribution in [0.25, 0.3) is 0 Å². The van der Waals surface area contributed by atoms with Crippen LogP contribution < -0.4 is 0 Å². The topological polar surface area (TPSA) is 9.23 Å². The highest BCUT2D eigenvalue weighted by Gasteiger charge is 2.38. The third-order valence-electron chi connectivity index (χ3n) is 4.22. The molecule has 1 saturated carbocycles. The predicted molar refractivity (Wildman–Crippen MR) is 72.8 cm³/mol. The Hall–Kier alpha value is -0.530. The molecule has 2 rings (SSSR count). The van der Waals surface area contributed by atoms with E-state index in [1.807, 2.05) is 13.2 Å². The van der Waals surface area contributed by atoms with E-state index in [-0.39, 0.29) is 5.41 Å². The first-order valence-electron chi connectivity index (χ1n) is 6.37. The molecular formula is C15H21ClO. The number of rotatable bonds is 2. The Balaban J connectivity index is 2.37. The van der Waals surface area contributed by atoms with Crippen molar-refractivity contribution < 1.29 is 4.74 Å². The van der Waals surface area contributed by atoms with Crippen LogP contribution in [0.15, 0.2) is 18.2 Å². The largest absolute Gasteiger partial charge is 0.381 e. The van der Waals surface area contributed by atoms with E-state index >= 15 is 0 Å². The maximum Gasteiger partial charge on any atom is 0.0665 e. The average Bonchev–Trinajstić information content (AvgIpc) is 2.33. The van der Waals surface area contributed by atoms with Gasteiger partial charge in [-0.05, 0) is 37.0 Å². The fourth-order valence-electron chi connectivity index (χ4n) is 3.01. The Morgan fingerprint density at radius 3 is 2.76 bits per heavy atom. The smallest absolute Gasteiger partial charge is 0.0665 e. The molecule has 2 unspecified atom stereocenters. The van der Waals surface area contributed by atoms with Crippen molar-refractivity contribution in [2.45, 2.75) is 51.0 Å². The summed E-state index contributed by atoms with van der Waals surface area (Å²) in [4.78, 5) is 0. The molecule has 0 aromatic heterocycles. The third kappa shape index (κ3) is 2.36. The zero-order chi connectivity index (χ0) is 12.5. The number of aryl methyl sites for hydroxylation is 1. The van der Waals surface area contributed by atoms with Crippen LogP contribution in [0.2, 0.25) is 5.02 Å². The second kappa shape index (κ2) is 4.99. The molecule has 94 valence electrons. The van der Waals surface area contributed by atoms with Crippen LogP contribution in [0.3, 0.4) is 0 Å². The molecule has 1 aliphatic rings. The number of ether oxygens (including phenoxy) is 1. The molecule has 0 radical (unpaired) electrons. The van der Waals surface area contributed by atoms with Crippen LogP contribution in [0.4, 0.5) is 0 Å². The molecule has 0 bridgehead atoms. The lowest BCUT2D eigenvalue weighted by Crippen LogP contribution is -2.40. The van der Waals surface area contributed by atoms with Crippen LogP contribution in [-0.4, -0.2) is 13.2 Å². The normalized spacial score (nSPS) is 29.3. The minimum Gasteiger partial charge on any atom is -0.381 e. The highest BCUT2D eigenvalue weighted by molar-refractivity contribution is 6.31. The molecule has 0 amide bonds. The molecular weight excluding hydrogens is 232 g/mol. The quantitative estimate of drug-likeness (QED) is 0.753. The Kier molecular flexibility index (Phi) is 3.79. The highest BCUT2D eigenvalue weighted by atomic mass is 35.5. The number of benzene rings is 1. The van der Waals surface area contributed by atoms with Crippen molar-refractivity contribution in [2.75, 3.05) is 7.11 Å². The summed E-state index contributed by atoms with van der Waals surface area (Å²) in [6, 6.07) is 6.39. The lowest BCUT2D eigenvalue weighted by Gasteiger charge is -2.41. The van der Waals surface area contributed by atoms with Crippen LogP contribution in [0.1, 0.15) is 43.7 Å². The fraction of sp³-hybridized carbons (Fsp3) is 0.600. The van der Waals surface area contributed by atoms with E-state index in [1.54, 1.807) is 0 Å². The van der Waals surface area contributed by atoms with Crippen LogP contribution in [0, 0.1) is 6.92 Å². The summed E-state index contributed by atoms with van der Waals surface area (Å²) in [6.45, 7) is 4.39. The number of hydrogen-bond acceptors (Lipinski definition) is 1. The molecule has 1 aliphatic carbocycles. The molecule has 0 N–H and O–H groups in total. The van der Waals surface area contributed by atoms with E-state index in [1.165, 1.54) is 24.8 Å². The Bertz CT molecular complexity index is 402. The van der Waals surface area contributed by atoms with Gasteiger partial charge in [0.25, 0.3) is 0 Å². The number of methoxy groups -OCH3 is 1. The SMILES string of the molecule is COC1CCCCC1(C)c1ccc(Cl)c(C)c1. The van der Waals surface area contributed by atoms with Gasteiger partial charge in [0.1, 0.15) is 0 Å². The van der Waals surface area contributed by atoms with Crippen molar-refractivity contribution in [3.8, 4) is 0 Å². The van der Waals surface area contributed by atoms with Gasteiger partial charge < -0.3 is 4.74 Å². The summed E-state index contributed by atoms with van der Waals surface area (Å²) in [5.41, 5.74) is 2.67. The Morgan fingerprint density at radius 2 is 2.12 bits per heavy atom. The molecule has 1 fully saturated rings. The first kappa shape index (κ1) is 12.9. The maximum absolute atomic E-state index is 6.10. The van der Waals surface area contributed by atoms with Crippen molar-refractivity contribution in [2.24, 2.45) is 0 Å². The molecule has 0 heterocycles. The number of halogens is 1. The van der Waals surface area contributed by atoms with E-state index in [4.69, 9.17) is 16.3 Å². The van der Waals surface area contributed by atoms with Gasteiger partial charge in [-0.2, -0.15) is 0 Å². The van der Waals surface area contributed by atoms with Crippen molar-refractivity contribution in [1.29, 1.82) is 0 Å². The lowest BCUT2D eigenvalue weighted by atomic mass is 9.68. The van der Waals surface area contributed by atoms with Gasteiger partial charge in [-0.1, -0.05) is 43.5 Å². The number of hydrogen-bond donors (Lipinski definition) is 0. The average molecular weight is 253 g/mol. The maximum atomic E-state index is 6.10. The molecule has 2 atom stereocenters. The zero-order valence-corrected chi connectivity index (χ0v) is 11.7. The molecule has 1 aromatic rings. The first-order valence-corrected chi connectivity index (χ1v) is 6.75. The summed E-state index contributed by atoms with van der Waals surface area (Å²) in [5, 5.41) is 0.849. The summed E-state index contributed by atoms with van der Waals surface area (Å²) >= 11 is 6.10. The second-order valence-electron chi connectivity index (χ2n) is 5.35. The van der Waals surface area contributed by atoms with Crippen LogP contribution in [0.5, 0.6) is 0 Å². The van der Waals surface area contributed by atoms with Crippen molar-refractivity contribution in [3.05, 3.63) is 34.3 Å². The van der Waals surface area contributed by atoms with Crippen LogP contribution in [-0.2, 0) is 10.2 Å². The van der Waals surface area contributed by atoms with E-state index in [0.717, 1.165) is 17.0 Å². The van der Waals surface area contributed by atoms with Gasteiger partial charge >= 0.3 is 0 Å². The van der Waals surface area contributed by atoms with Gasteiger partial charge in [-0.3, -0.25) is 0 Å². The Labute approximate surface area is 109 Å². The molecule has 0 spiro atoms. The van der Waals surface area contributed by atoms with Gasteiger partial charge in [-0.15, -0.1) is 0 Å². The summed E-state index contributed by atoms with van der Waals surface area (Å²) < 4.78 is 5.70. The highest BCUT2D eigenvalue weighted by Crippen LogP contribution is 2.41. The summed E-state index contributed by atoms with van der Waals surface area (Å²) in [6.07, 6.45) is 5.26.